The lowest BCUT2D eigenvalue weighted by Crippen LogP contribution is -2.10. The molecule has 0 spiro atoms. The molecule has 1 heterocycles. The Bertz CT molecular complexity index is 298. The van der Waals surface area contributed by atoms with Gasteiger partial charge in [-0.25, -0.2) is 4.79 Å². The summed E-state index contributed by atoms with van der Waals surface area (Å²) in [5, 5.41) is 6.80. The van der Waals surface area contributed by atoms with E-state index >= 15 is 0 Å². The van der Waals surface area contributed by atoms with Crippen molar-refractivity contribution in [2.45, 2.75) is 0 Å². The third-order valence-electron chi connectivity index (χ3n) is 1.09. The van der Waals surface area contributed by atoms with Gasteiger partial charge < -0.3 is 4.74 Å². The molecular weight excluding hydrogens is 148 g/mol. The molecule has 1 aliphatic rings. The van der Waals surface area contributed by atoms with E-state index in [2.05, 4.69) is 19.8 Å². The van der Waals surface area contributed by atoms with Crippen LogP contribution in [0, 0.1) is 5.53 Å². The summed E-state index contributed by atoms with van der Waals surface area (Å²) in [6, 6.07) is 0. The number of methoxy groups -OCH3 is 1. The highest BCUT2D eigenvalue weighted by molar-refractivity contribution is 6.17. The van der Waals surface area contributed by atoms with Crippen molar-refractivity contribution in [3.05, 3.63) is 11.8 Å². The van der Waals surface area contributed by atoms with Crippen LogP contribution >= 0.6 is 0 Å². The molecule has 0 saturated carbocycles. The lowest BCUT2D eigenvalue weighted by atomic mass is 10.3. The number of azo groups is 1. The highest BCUT2D eigenvalue weighted by atomic mass is 16.5. The summed E-state index contributed by atoms with van der Waals surface area (Å²) in [6.07, 6.45) is 1.21. The van der Waals surface area contributed by atoms with Crippen LogP contribution in [0.25, 0.3) is 0 Å². The summed E-state index contributed by atoms with van der Waals surface area (Å²) in [5.41, 5.74) is 6.70. The van der Waals surface area contributed by atoms with Crippen LogP contribution in [0.4, 0.5) is 0 Å². The zero-order valence-corrected chi connectivity index (χ0v) is 5.74. The number of carbonyl (C=O) groups is 1. The molecule has 1 rings (SSSR count). The average Bonchev–Trinajstić information content (AvgIpc) is 2.50. The Balaban J connectivity index is 2.93. The van der Waals surface area contributed by atoms with E-state index in [1.54, 1.807) is 0 Å². The van der Waals surface area contributed by atoms with E-state index in [-0.39, 0.29) is 11.4 Å². The van der Waals surface area contributed by atoms with Crippen LogP contribution in [0.3, 0.4) is 0 Å². The quantitative estimate of drug-likeness (QED) is 0.330. The SMILES string of the molecule is COC(=O)C1=CN=NC1=[N+]=N. The van der Waals surface area contributed by atoms with Crippen LogP contribution in [0.15, 0.2) is 22.0 Å². The van der Waals surface area contributed by atoms with Gasteiger partial charge in [0.1, 0.15) is 5.11 Å². The van der Waals surface area contributed by atoms with E-state index in [1.165, 1.54) is 13.3 Å². The molecule has 0 aromatic carbocycles. The molecular formula is C5H5N4O2+. The van der Waals surface area contributed by atoms with Crippen LogP contribution in [-0.2, 0) is 9.53 Å². The summed E-state index contributed by atoms with van der Waals surface area (Å²) in [5.74, 6) is -0.599. The maximum absolute atomic E-state index is 10.8. The van der Waals surface area contributed by atoms with E-state index in [4.69, 9.17) is 5.53 Å². The highest BCUT2D eigenvalue weighted by Crippen LogP contribution is 2.07. The summed E-state index contributed by atoms with van der Waals surface area (Å²) in [7, 11) is 1.24. The van der Waals surface area contributed by atoms with E-state index in [9.17, 15) is 4.79 Å². The number of nitrogens with zero attached hydrogens (tertiary/aromatic N) is 3. The molecule has 0 radical (unpaired) electrons. The molecule has 1 aliphatic heterocycles. The van der Waals surface area contributed by atoms with Crippen LogP contribution in [0.1, 0.15) is 0 Å². The number of carbonyl (C=O) groups excluding carboxylic acids is 1. The molecule has 6 heteroatoms. The third-order valence-corrected chi connectivity index (χ3v) is 1.09. The van der Waals surface area contributed by atoms with Crippen molar-refractivity contribution in [2.24, 2.45) is 10.2 Å². The van der Waals surface area contributed by atoms with Crippen molar-refractivity contribution in [1.82, 2.24) is 0 Å². The Morgan fingerprint density at radius 3 is 3.09 bits per heavy atom. The van der Waals surface area contributed by atoms with Gasteiger partial charge >= 0.3 is 11.8 Å². The Morgan fingerprint density at radius 2 is 2.55 bits per heavy atom. The molecule has 0 atom stereocenters. The van der Waals surface area contributed by atoms with Crippen molar-refractivity contribution < 1.29 is 14.3 Å². The molecule has 0 fully saturated rings. The molecule has 0 unspecified atom stereocenters. The molecule has 0 aromatic heterocycles. The van der Waals surface area contributed by atoms with Crippen LogP contribution in [0.5, 0.6) is 0 Å². The van der Waals surface area contributed by atoms with Gasteiger partial charge in [0.05, 0.1) is 13.3 Å². The van der Waals surface area contributed by atoms with Crippen molar-refractivity contribution in [1.29, 1.82) is 5.53 Å². The predicted molar refractivity (Wildman–Crippen MR) is 32.9 cm³/mol. The Labute approximate surface area is 61.8 Å². The van der Waals surface area contributed by atoms with Crippen molar-refractivity contribution in [3.8, 4) is 0 Å². The van der Waals surface area contributed by atoms with Gasteiger partial charge in [-0.3, -0.25) is 0 Å². The van der Waals surface area contributed by atoms with Crippen molar-refractivity contribution in [2.75, 3.05) is 7.11 Å². The highest BCUT2D eigenvalue weighted by Gasteiger charge is 2.31. The molecule has 0 aromatic rings. The number of hydrogen-bond acceptors (Lipinski definition) is 4. The predicted octanol–water partition coefficient (Wildman–Crippen LogP) is 0.147. The fraction of sp³-hybridized carbons (Fsp3) is 0.200. The summed E-state index contributed by atoms with van der Waals surface area (Å²) >= 11 is 0. The Hall–Kier alpha value is -1.81. The second-order valence-electron chi connectivity index (χ2n) is 1.69. The first-order valence-electron chi connectivity index (χ1n) is 2.73. The molecule has 0 saturated heterocycles. The van der Waals surface area contributed by atoms with E-state index in [1.807, 2.05) is 0 Å². The van der Waals surface area contributed by atoms with Gasteiger partial charge in [-0.1, -0.05) is 4.79 Å². The molecule has 0 bridgehead atoms. The molecule has 6 nitrogen and oxygen atoms in total. The molecule has 56 valence electrons. The van der Waals surface area contributed by atoms with Gasteiger partial charge in [0.25, 0.3) is 0 Å². The van der Waals surface area contributed by atoms with Crippen LogP contribution in [0.2, 0.25) is 0 Å². The number of rotatable bonds is 1. The number of hydrogen-bond donors (Lipinski definition) is 1. The summed E-state index contributed by atoms with van der Waals surface area (Å²) < 4.78 is 4.37. The monoisotopic (exact) mass is 153 g/mol. The van der Waals surface area contributed by atoms with Gasteiger partial charge in [-0.2, -0.15) is 0 Å². The lowest BCUT2D eigenvalue weighted by Gasteiger charge is -1.89. The summed E-state index contributed by atoms with van der Waals surface area (Å²) in [4.78, 5) is 13.8. The van der Waals surface area contributed by atoms with E-state index in [0.29, 0.717) is 0 Å². The summed E-state index contributed by atoms with van der Waals surface area (Å²) in [6.45, 7) is 0. The van der Waals surface area contributed by atoms with Crippen molar-refractivity contribution >= 4 is 11.8 Å². The standard InChI is InChI=1S/C5H5N4O2/c1-11-5(10)3-2-7-9-4(3)8-6/h2,6H,1H3/q+1. The first kappa shape index (κ1) is 7.30. The number of nitrogens with one attached hydrogen (secondary N) is 1. The lowest BCUT2D eigenvalue weighted by molar-refractivity contribution is -0.138. The zero-order valence-electron chi connectivity index (χ0n) is 5.74. The Morgan fingerprint density at radius 1 is 1.82 bits per heavy atom. The van der Waals surface area contributed by atoms with Crippen LogP contribution in [-0.4, -0.2) is 23.7 Å². The van der Waals surface area contributed by atoms with Gasteiger partial charge in [0.15, 0.2) is 5.57 Å². The Kier molecular flexibility index (Phi) is 1.89. The first-order chi connectivity index (χ1) is 5.29. The van der Waals surface area contributed by atoms with Crippen LogP contribution < -0.4 is 0 Å². The molecule has 0 amide bonds. The molecule has 1 N–H and O–H groups in total. The normalized spacial score (nSPS) is 14.3. The number of esters is 1. The molecule has 0 aliphatic carbocycles. The van der Waals surface area contributed by atoms with Crippen molar-refractivity contribution in [3.63, 3.8) is 0 Å². The zero-order chi connectivity index (χ0) is 8.27. The minimum atomic E-state index is -0.582. The number of amidine groups is 1. The van der Waals surface area contributed by atoms with E-state index in [0.717, 1.165) is 0 Å². The second kappa shape index (κ2) is 2.85. The van der Waals surface area contributed by atoms with Gasteiger partial charge in [-0.15, -0.1) is 0 Å². The first-order valence-corrected chi connectivity index (χ1v) is 2.73. The average molecular weight is 153 g/mol. The fourth-order valence-electron chi connectivity index (χ4n) is 0.589. The third kappa shape index (κ3) is 1.20. The van der Waals surface area contributed by atoms with E-state index < -0.39 is 5.97 Å². The molecule has 11 heavy (non-hydrogen) atoms. The van der Waals surface area contributed by atoms with Gasteiger partial charge in [0, 0.05) is 0 Å². The smallest absolute Gasteiger partial charge is 0.465 e. The maximum Gasteiger partial charge on any atom is 0.486 e. The second-order valence-corrected chi connectivity index (χ2v) is 1.69. The number of ether oxygens (including phenoxy) is 1. The topological polar surface area (TPSA) is 89.0 Å². The largest absolute Gasteiger partial charge is 0.486 e. The maximum atomic E-state index is 10.8. The minimum absolute atomic E-state index is 0.0168. The van der Waals surface area contributed by atoms with Gasteiger partial charge in [0.2, 0.25) is 0 Å². The van der Waals surface area contributed by atoms with Gasteiger partial charge in [-0.05, 0) is 10.6 Å². The fourth-order valence-corrected chi connectivity index (χ4v) is 0.589. The minimum Gasteiger partial charge on any atom is -0.465 e.